The van der Waals surface area contributed by atoms with Crippen molar-refractivity contribution in [3.05, 3.63) is 40.0 Å². The number of morpholine rings is 1. The molecule has 0 spiro atoms. The van der Waals surface area contributed by atoms with E-state index in [0.29, 0.717) is 26.1 Å². The maximum atomic E-state index is 12.5. The van der Waals surface area contributed by atoms with Crippen LogP contribution in [-0.2, 0) is 16.0 Å². The summed E-state index contributed by atoms with van der Waals surface area (Å²) in [7, 11) is 1.83. The van der Waals surface area contributed by atoms with Crippen LogP contribution in [0.15, 0.2) is 23.6 Å². The van der Waals surface area contributed by atoms with Gasteiger partial charge in [-0.2, -0.15) is 0 Å². The number of aromatic nitrogens is 2. The van der Waals surface area contributed by atoms with E-state index in [-0.39, 0.29) is 12.0 Å². The predicted octanol–water partition coefficient (Wildman–Crippen LogP) is 2.03. The number of aryl methyl sites for hydroxylation is 1. The Balaban J connectivity index is 1.66. The minimum Gasteiger partial charge on any atom is -0.373 e. The molecule has 3 rings (SSSR count). The van der Waals surface area contributed by atoms with Gasteiger partial charge in [-0.3, -0.25) is 4.79 Å². The van der Waals surface area contributed by atoms with Crippen LogP contribution >= 0.6 is 11.3 Å². The normalized spacial score (nSPS) is 18.0. The lowest BCUT2D eigenvalue weighted by Gasteiger charge is -2.32. The summed E-state index contributed by atoms with van der Waals surface area (Å²) in [5.41, 5.74) is 1.69. The zero-order valence-electron chi connectivity index (χ0n) is 13.3. The summed E-state index contributed by atoms with van der Waals surface area (Å²) >= 11 is 1.57. The molecule has 0 unspecified atom stereocenters. The first-order valence-corrected chi connectivity index (χ1v) is 8.49. The number of carbonyl (C=O) groups is 1. The van der Waals surface area contributed by atoms with E-state index in [0.717, 1.165) is 22.2 Å². The molecule has 1 fully saturated rings. The van der Waals surface area contributed by atoms with Crippen molar-refractivity contribution in [2.45, 2.75) is 19.4 Å². The number of ether oxygens (including phenoxy) is 1. The highest BCUT2D eigenvalue weighted by atomic mass is 32.1. The van der Waals surface area contributed by atoms with E-state index in [2.05, 4.69) is 15.3 Å². The average Bonchev–Trinajstić information content (AvgIpc) is 3.00. The molecule has 7 heteroatoms. The lowest BCUT2D eigenvalue weighted by molar-refractivity contribution is -0.138. The average molecular weight is 332 g/mol. The molecule has 0 radical (unpaired) electrons. The molecule has 3 heterocycles. The zero-order chi connectivity index (χ0) is 16.2. The van der Waals surface area contributed by atoms with Crippen LogP contribution in [0.4, 0.5) is 5.82 Å². The number of carbonyl (C=O) groups excluding carboxylic acids is 1. The van der Waals surface area contributed by atoms with E-state index in [1.54, 1.807) is 11.3 Å². The van der Waals surface area contributed by atoms with E-state index in [4.69, 9.17) is 4.74 Å². The van der Waals surface area contributed by atoms with Crippen LogP contribution in [0.2, 0.25) is 0 Å². The van der Waals surface area contributed by atoms with Gasteiger partial charge in [-0.1, -0.05) is 6.07 Å². The molecule has 0 bridgehead atoms. The first kappa shape index (κ1) is 15.9. The second-order valence-electron chi connectivity index (χ2n) is 5.43. The van der Waals surface area contributed by atoms with E-state index in [1.165, 1.54) is 0 Å². The molecule has 6 nitrogen and oxygen atoms in total. The van der Waals surface area contributed by atoms with Gasteiger partial charge in [0, 0.05) is 19.0 Å². The Hall–Kier alpha value is -1.99. The van der Waals surface area contributed by atoms with Gasteiger partial charge < -0.3 is 15.0 Å². The monoisotopic (exact) mass is 332 g/mol. The first-order chi connectivity index (χ1) is 11.2. The highest BCUT2D eigenvalue weighted by Crippen LogP contribution is 2.22. The van der Waals surface area contributed by atoms with Gasteiger partial charge in [-0.25, -0.2) is 9.97 Å². The molecule has 2 aromatic heterocycles. The summed E-state index contributed by atoms with van der Waals surface area (Å²) in [5, 5.41) is 5.96. The van der Waals surface area contributed by atoms with Crippen molar-refractivity contribution < 1.29 is 9.53 Å². The maximum Gasteiger partial charge on any atom is 0.228 e. The minimum atomic E-state index is -0.182. The predicted molar refractivity (Wildman–Crippen MR) is 89.6 cm³/mol. The Morgan fingerprint density at radius 3 is 3.09 bits per heavy atom. The van der Waals surface area contributed by atoms with Crippen molar-refractivity contribution in [2.75, 3.05) is 32.1 Å². The number of amides is 1. The number of nitrogens with zero attached hydrogens (tertiary/aromatic N) is 3. The summed E-state index contributed by atoms with van der Waals surface area (Å²) in [6, 6.07) is 5.78. The number of thiazole rings is 1. The highest BCUT2D eigenvalue weighted by Gasteiger charge is 2.26. The number of pyridine rings is 1. The summed E-state index contributed by atoms with van der Waals surface area (Å²) in [6.07, 6.45) is 0.166. The zero-order valence-corrected chi connectivity index (χ0v) is 14.1. The van der Waals surface area contributed by atoms with E-state index in [1.807, 2.05) is 42.5 Å². The van der Waals surface area contributed by atoms with Gasteiger partial charge in [-0.05, 0) is 19.1 Å². The van der Waals surface area contributed by atoms with E-state index >= 15 is 0 Å². The van der Waals surface area contributed by atoms with Crippen LogP contribution in [0, 0.1) is 6.92 Å². The van der Waals surface area contributed by atoms with Gasteiger partial charge >= 0.3 is 0 Å². The molecular weight excluding hydrogens is 312 g/mol. The van der Waals surface area contributed by atoms with Gasteiger partial charge in [0.05, 0.1) is 36.0 Å². The van der Waals surface area contributed by atoms with Crippen molar-refractivity contribution in [1.29, 1.82) is 0 Å². The Morgan fingerprint density at radius 2 is 2.35 bits per heavy atom. The Kier molecular flexibility index (Phi) is 4.88. The van der Waals surface area contributed by atoms with Crippen molar-refractivity contribution in [3.63, 3.8) is 0 Å². The lowest BCUT2D eigenvalue weighted by Crippen LogP contribution is -2.43. The number of nitrogens with one attached hydrogen (secondary N) is 1. The van der Waals surface area contributed by atoms with Gasteiger partial charge in [-0.15, -0.1) is 11.3 Å². The third kappa shape index (κ3) is 3.86. The van der Waals surface area contributed by atoms with Crippen LogP contribution in [0.3, 0.4) is 0 Å². The SMILES string of the molecule is CNc1cccc([C@@H]2CN(C(=O)Cc3csc(C)n3)CCO2)n1. The number of hydrogen-bond acceptors (Lipinski definition) is 6. The van der Waals surface area contributed by atoms with Gasteiger partial charge in [0.2, 0.25) is 5.91 Å². The van der Waals surface area contributed by atoms with Crippen LogP contribution in [-0.4, -0.2) is 47.5 Å². The smallest absolute Gasteiger partial charge is 0.228 e. The standard InChI is InChI=1S/C16H20N4O2S/c1-11-18-12(10-23-11)8-16(21)20-6-7-22-14(9-20)13-4-3-5-15(17-2)19-13/h3-5,10,14H,6-9H2,1-2H3,(H,17,19)/t14-/m0/s1. The van der Waals surface area contributed by atoms with E-state index < -0.39 is 0 Å². The van der Waals surface area contributed by atoms with Crippen LogP contribution in [0.5, 0.6) is 0 Å². The molecule has 122 valence electrons. The van der Waals surface area contributed by atoms with Gasteiger partial charge in [0.25, 0.3) is 0 Å². The molecular formula is C16H20N4O2S. The minimum absolute atomic E-state index is 0.0911. The molecule has 2 aromatic rings. The van der Waals surface area contributed by atoms with Crippen molar-refractivity contribution in [2.24, 2.45) is 0 Å². The summed E-state index contributed by atoms with van der Waals surface area (Å²) in [5.74, 6) is 0.890. The summed E-state index contributed by atoms with van der Waals surface area (Å²) in [6.45, 7) is 3.62. The quantitative estimate of drug-likeness (QED) is 0.928. The van der Waals surface area contributed by atoms with Gasteiger partial charge in [0.15, 0.2) is 0 Å². The first-order valence-electron chi connectivity index (χ1n) is 7.61. The highest BCUT2D eigenvalue weighted by molar-refractivity contribution is 7.09. The third-order valence-electron chi connectivity index (χ3n) is 3.77. The molecule has 1 N–H and O–H groups in total. The summed E-state index contributed by atoms with van der Waals surface area (Å²) < 4.78 is 5.80. The Morgan fingerprint density at radius 1 is 1.48 bits per heavy atom. The maximum absolute atomic E-state index is 12.5. The molecule has 1 aliphatic heterocycles. The van der Waals surface area contributed by atoms with Crippen molar-refractivity contribution in [1.82, 2.24) is 14.9 Å². The Bertz CT molecular complexity index is 688. The number of hydrogen-bond donors (Lipinski definition) is 1. The third-order valence-corrected chi connectivity index (χ3v) is 4.60. The molecule has 0 saturated carbocycles. The molecule has 0 aromatic carbocycles. The molecule has 23 heavy (non-hydrogen) atoms. The second-order valence-corrected chi connectivity index (χ2v) is 6.49. The lowest BCUT2D eigenvalue weighted by atomic mass is 10.1. The van der Waals surface area contributed by atoms with Crippen molar-refractivity contribution >= 4 is 23.1 Å². The molecule has 1 aliphatic rings. The van der Waals surface area contributed by atoms with Crippen molar-refractivity contribution in [3.8, 4) is 0 Å². The van der Waals surface area contributed by atoms with Gasteiger partial charge in [0.1, 0.15) is 11.9 Å². The van der Waals surface area contributed by atoms with Crippen LogP contribution in [0.1, 0.15) is 22.5 Å². The fourth-order valence-corrected chi connectivity index (χ4v) is 3.19. The Labute approximate surface area is 139 Å². The molecule has 1 amide bonds. The number of anilines is 1. The molecule has 1 saturated heterocycles. The largest absolute Gasteiger partial charge is 0.373 e. The fourth-order valence-electron chi connectivity index (χ4n) is 2.58. The van der Waals surface area contributed by atoms with E-state index in [9.17, 15) is 4.79 Å². The number of rotatable bonds is 4. The second kappa shape index (κ2) is 7.06. The van der Waals surface area contributed by atoms with Crippen LogP contribution < -0.4 is 5.32 Å². The topological polar surface area (TPSA) is 67.4 Å². The summed E-state index contributed by atoms with van der Waals surface area (Å²) in [4.78, 5) is 23.2. The molecule has 1 atom stereocenters. The molecule has 0 aliphatic carbocycles. The van der Waals surface area contributed by atoms with Crippen LogP contribution in [0.25, 0.3) is 0 Å². The fraction of sp³-hybridized carbons (Fsp3) is 0.438.